The lowest BCUT2D eigenvalue weighted by molar-refractivity contribution is -0.123. The second-order valence-electron chi connectivity index (χ2n) is 9.17. The van der Waals surface area contributed by atoms with Crippen molar-refractivity contribution in [2.24, 2.45) is 0 Å². The predicted molar refractivity (Wildman–Crippen MR) is 134 cm³/mol. The van der Waals surface area contributed by atoms with E-state index in [1.807, 2.05) is 66.7 Å². The summed E-state index contributed by atoms with van der Waals surface area (Å²) in [6.45, 7) is 7.97. The molecule has 4 rings (SSSR count). The van der Waals surface area contributed by atoms with E-state index >= 15 is 0 Å². The number of hydrogen-bond acceptors (Lipinski definition) is 4. The van der Waals surface area contributed by atoms with Gasteiger partial charge in [0.2, 0.25) is 0 Å². The van der Waals surface area contributed by atoms with Crippen molar-refractivity contribution >= 4 is 16.9 Å². The first-order valence-electron chi connectivity index (χ1n) is 11.5. The number of ether oxygens (including phenoxy) is 2. The zero-order valence-electron chi connectivity index (χ0n) is 20.0. The Hall–Kier alpha value is -3.80. The molecule has 1 heterocycles. The zero-order valence-corrected chi connectivity index (χ0v) is 20.0. The molecular weight excluding hydrogens is 426 g/mol. The van der Waals surface area contributed by atoms with Crippen molar-refractivity contribution in [2.45, 2.75) is 39.3 Å². The van der Waals surface area contributed by atoms with Crippen LogP contribution in [0.1, 0.15) is 32.2 Å². The van der Waals surface area contributed by atoms with Crippen LogP contribution in [0.15, 0.2) is 78.9 Å². The van der Waals surface area contributed by atoms with Crippen molar-refractivity contribution in [3.8, 4) is 11.5 Å². The molecule has 0 fully saturated rings. The summed E-state index contributed by atoms with van der Waals surface area (Å²) in [5.41, 5.74) is 3.29. The third kappa shape index (κ3) is 5.95. The normalized spacial score (nSPS) is 11.4. The van der Waals surface area contributed by atoms with E-state index < -0.39 is 0 Å². The van der Waals surface area contributed by atoms with Crippen LogP contribution >= 0.6 is 0 Å². The molecule has 0 saturated heterocycles. The number of amides is 1. The minimum Gasteiger partial charge on any atom is -0.492 e. The van der Waals surface area contributed by atoms with Gasteiger partial charge < -0.3 is 19.4 Å². The van der Waals surface area contributed by atoms with E-state index in [1.165, 1.54) is 5.56 Å². The quantitative estimate of drug-likeness (QED) is 0.379. The standard InChI is InChI=1S/C28H31N3O3/c1-28(2,3)21-13-15-23(16-14-21)33-18-17-31-25-12-8-7-11-24(25)30-26(31)19-29-27(32)20-34-22-9-5-4-6-10-22/h4-16H,17-20H2,1-3H3,(H,29,32). The van der Waals surface area contributed by atoms with Gasteiger partial charge in [0.25, 0.3) is 5.91 Å². The number of carbonyl (C=O) groups excluding carboxylic acids is 1. The minimum absolute atomic E-state index is 0.0437. The number of nitrogens with one attached hydrogen (secondary N) is 1. The third-order valence-electron chi connectivity index (χ3n) is 5.59. The van der Waals surface area contributed by atoms with E-state index in [0.717, 1.165) is 22.6 Å². The Kier molecular flexibility index (Phi) is 7.16. The predicted octanol–water partition coefficient (Wildman–Crippen LogP) is 5.11. The van der Waals surface area contributed by atoms with Crippen molar-refractivity contribution in [1.82, 2.24) is 14.9 Å². The summed E-state index contributed by atoms with van der Waals surface area (Å²) in [6.07, 6.45) is 0. The summed E-state index contributed by atoms with van der Waals surface area (Å²) in [5.74, 6) is 2.08. The van der Waals surface area contributed by atoms with Gasteiger partial charge in [0.15, 0.2) is 6.61 Å². The van der Waals surface area contributed by atoms with Gasteiger partial charge in [-0.05, 0) is 47.4 Å². The number of fused-ring (bicyclic) bond motifs is 1. The Morgan fingerprint density at radius 3 is 2.29 bits per heavy atom. The van der Waals surface area contributed by atoms with Crippen LogP contribution < -0.4 is 14.8 Å². The van der Waals surface area contributed by atoms with Crippen LogP contribution in [0.4, 0.5) is 0 Å². The molecule has 0 spiro atoms. The van der Waals surface area contributed by atoms with Crippen molar-refractivity contribution in [1.29, 1.82) is 0 Å². The molecule has 6 nitrogen and oxygen atoms in total. The van der Waals surface area contributed by atoms with Crippen LogP contribution in [0.5, 0.6) is 11.5 Å². The van der Waals surface area contributed by atoms with Crippen molar-refractivity contribution in [3.05, 3.63) is 90.3 Å². The molecular formula is C28H31N3O3. The number of hydrogen-bond donors (Lipinski definition) is 1. The maximum absolute atomic E-state index is 12.3. The Morgan fingerprint density at radius 1 is 0.882 bits per heavy atom. The second kappa shape index (κ2) is 10.4. The van der Waals surface area contributed by atoms with Gasteiger partial charge in [-0.25, -0.2) is 4.98 Å². The molecule has 34 heavy (non-hydrogen) atoms. The number of para-hydroxylation sites is 3. The monoisotopic (exact) mass is 457 g/mol. The van der Waals surface area contributed by atoms with Crippen LogP contribution in [-0.4, -0.2) is 28.7 Å². The van der Waals surface area contributed by atoms with Gasteiger partial charge in [-0.15, -0.1) is 0 Å². The fourth-order valence-electron chi connectivity index (χ4n) is 3.71. The SMILES string of the molecule is CC(C)(C)c1ccc(OCCn2c(CNC(=O)COc3ccccc3)nc3ccccc32)cc1. The van der Waals surface area contributed by atoms with Gasteiger partial charge in [0.05, 0.1) is 24.1 Å². The molecule has 176 valence electrons. The minimum atomic E-state index is -0.197. The molecule has 0 aliphatic heterocycles. The first-order chi connectivity index (χ1) is 16.4. The van der Waals surface area contributed by atoms with Gasteiger partial charge in [0, 0.05) is 0 Å². The summed E-state index contributed by atoms with van der Waals surface area (Å²) in [7, 11) is 0. The summed E-state index contributed by atoms with van der Waals surface area (Å²) >= 11 is 0. The Bertz CT molecular complexity index is 1230. The van der Waals surface area contributed by atoms with Gasteiger partial charge >= 0.3 is 0 Å². The van der Waals surface area contributed by atoms with Crippen molar-refractivity contribution < 1.29 is 14.3 Å². The van der Waals surface area contributed by atoms with Crippen LogP contribution in [-0.2, 0) is 23.3 Å². The van der Waals surface area contributed by atoms with Crippen LogP contribution in [0.2, 0.25) is 0 Å². The average molecular weight is 458 g/mol. The third-order valence-corrected chi connectivity index (χ3v) is 5.59. The van der Waals surface area contributed by atoms with Gasteiger partial charge in [-0.1, -0.05) is 63.2 Å². The summed E-state index contributed by atoms with van der Waals surface area (Å²) in [4.78, 5) is 17.0. The number of nitrogens with zero attached hydrogens (tertiary/aromatic N) is 2. The zero-order chi connectivity index (χ0) is 24.0. The number of benzene rings is 3. The average Bonchev–Trinajstić information content (AvgIpc) is 3.19. The summed E-state index contributed by atoms with van der Waals surface area (Å²) in [6, 6.07) is 25.5. The lowest BCUT2D eigenvalue weighted by atomic mass is 9.87. The lowest BCUT2D eigenvalue weighted by Gasteiger charge is -2.19. The molecule has 0 radical (unpaired) electrons. The fourth-order valence-corrected chi connectivity index (χ4v) is 3.71. The van der Waals surface area contributed by atoms with Gasteiger partial charge in [-0.3, -0.25) is 4.79 Å². The van der Waals surface area contributed by atoms with E-state index in [1.54, 1.807) is 0 Å². The molecule has 6 heteroatoms. The highest BCUT2D eigenvalue weighted by molar-refractivity contribution is 5.78. The maximum Gasteiger partial charge on any atom is 0.258 e. The lowest BCUT2D eigenvalue weighted by Crippen LogP contribution is -2.29. The first kappa shape index (κ1) is 23.4. The Balaban J connectivity index is 1.37. The topological polar surface area (TPSA) is 65.4 Å². The van der Waals surface area contributed by atoms with Crippen LogP contribution in [0.3, 0.4) is 0 Å². The van der Waals surface area contributed by atoms with Crippen LogP contribution in [0.25, 0.3) is 11.0 Å². The largest absolute Gasteiger partial charge is 0.492 e. The van der Waals surface area contributed by atoms with E-state index in [9.17, 15) is 4.79 Å². The highest BCUT2D eigenvalue weighted by Gasteiger charge is 2.14. The van der Waals surface area contributed by atoms with Gasteiger partial charge in [0.1, 0.15) is 23.9 Å². The van der Waals surface area contributed by atoms with Crippen molar-refractivity contribution in [2.75, 3.05) is 13.2 Å². The Morgan fingerprint density at radius 2 is 1.56 bits per heavy atom. The second-order valence-corrected chi connectivity index (χ2v) is 9.17. The molecule has 0 bridgehead atoms. The number of imidazole rings is 1. The van der Waals surface area contributed by atoms with Crippen LogP contribution in [0, 0.1) is 0 Å². The summed E-state index contributed by atoms with van der Waals surface area (Å²) < 4.78 is 13.6. The fraction of sp³-hybridized carbons (Fsp3) is 0.286. The van der Waals surface area contributed by atoms with E-state index in [0.29, 0.717) is 25.4 Å². The summed E-state index contributed by atoms with van der Waals surface area (Å²) in [5, 5.41) is 2.91. The van der Waals surface area contributed by atoms with E-state index in [4.69, 9.17) is 14.5 Å². The first-order valence-corrected chi connectivity index (χ1v) is 11.5. The molecule has 1 aromatic heterocycles. The molecule has 0 saturated carbocycles. The van der Waals surface area contributed by atoms with Crippen molar-refractivity contribution in [3.63, 3.8) is 0 Å². The molecule has 1 N–H and O–H groups in total. The molecule has 4 aromatic rings. The maximum atomic E-state index is 12.3. The molecule has 0 aliphatic carbocycles. The number of aromatic nitrogens is 2. The molecule has 1 amide bonds. The number of rotatable bonds is 9. The van der Waals surface area contributed by atoms with E-state index in [2.05, 4.69) is 42.8 Å². The highest BCUT2D eigenvalue weighted by atomic mass is 16.5. The molecule has 0 aliphatic rings. The number of carbonyl (C=O) groups is 1. The highest BCUT2D eigenvalue weighted by Crippen LogP contribution is 2.24. The smallest absolute Gasteiger partial charge is 0.258 e. The Labute approximate surface area is 200 Å². The van der Waals surface area contributed by atoms with E-state index in [-0.39, 0.29) is 17.9 Å². The van der Waals surface area contributed by atoms with Gasteiger partial charge in [-0.2, -0.15) is 0 Å². The molecule has 3 aromatic carbocycles. The molecule has 0 atom stereocenters. The molecule has 0 unspecified atom stereocenters.